The highest BCUT2D eigenvalue weighted by Gasteiger charge is 2.24. The van der Waals surface area contributed by atoms with Gasteiger partial charge in [0.05, 0.1) is 6.26 Å². The van der Waals surface area contributed by atoms with Crippen molar-refractivity contribution >= 4 is 16.1 Å². The number of aliphatic carboxylic acids is 1. The minimum atomic E-state index is -3.80. The highest BCUT2D eigenvalue weighted by molar-refractivity contribution is 7.86. The Bertz CT molecular complexity index is 437. The van der Waals surface area contributed by atoms with Gasteiger partial charge in [0.15, 0.2) is 6.10 Å². The second-order valence-electron chi connectivity index (χ2n) is 2.93. The van der Waals surface area contributed by atoms with E-state index in [2.05, 4.69) is 4.18 Å². The highest BCUT2D eigenvalue weighted by Crippen LogP contribution is 2.19. The lowest BCUT2D eigenvalue weighted by Crippen LogP contribution is -2.18. The second-order valence-corrected chi connectivity index (χ2v) is 4.53. The second kappa shape index (κ2) is 4.41. The molecule has 0 aromatic heterocycles. The van der Waals surface area contributed by atoms with E-state index in [1.165, 1.54) is 12.1 Å². The molecule has 0 saturated heterocycles. The molecule has 0 bridgehead atoms. The fourth-order valence-corrected chi connectivity index (χ4v) is 1.58. The van der Waals surface area contributed by atoms with Gasteiger partial charge >= 0.3 is 5.97 Å². The third-order valence-electron chi connectivity index (χ3n) is 1.60. The van der Waals surface area contributed by atoms with Crippen LogP contribution in [0.5, 0.6) is 0 Å². The summed E-state index contributed by atoms with van der Waals surface area (Å²) >= 11 is 0. The van der Waals surface area contributed by atoms with Crippen molar-refractivity contribution < 1.29 is 22.5 Å². The Morgan fingerprint density at radius 3 is 2.27 bits per heavy atom. The third kappa shape index (κ3) is 3.69. The Morgan fingerprint density at radius 2 is 1.87 bits per heavy atom. The van der Waals surface area contributed by atoms with Crippen molar-refractivity contribution in [2.75, 3.05) is 6.26 Å². The third-order valence-corrected chi connectivity index (χ3v) is 2.14. The van der Waals surface area contributed by atoms with Gasteiger partial charge in [0.25, 0.3) is 10.1 Å². The van der Waals surface area contributed by atoms with Crippen LogP contribution in [0.4, 0.5) is 0 Å². The lowest BCUT2D eigenvalue weighted by Gasteiger charge is -2.11. The van der Waals surface area contributed by atoms with Crippen LogP contribution in [0.1, 0.15) is 11.7 Å². The summed E-state index contributed by atoms with van der Waals surface area (Å²) in [7, 11) is -3.80. The van der Waals surface area contributed by atoms with Crippen molar-refractivity contribution in [2.24, 2.45) is 0 Å². The zero-order valence-corrected chi connectivity index (χ0v) is 8.77. The van der Waals surface area contributed by atoms with Crippen molar-refractivity contribution in [3.8, 4) is 0 Å². The Balaban J connectivity index is 3.00. The molecule has 5 nitrogen and oxygen atoms in total. The molecule has 0 saturated carbocycles. The highest BCUT2D eigenvalue weighted by atomic mass is 32.2. The predicted octanol–water partition coefficient (Wildman–Crippen LogP) is 0.788. The maximum atomic E-state index is 10.8. The number of carboxylic acids is 1. The van der Waals surface area contributed by atoms with Crippen LogP contribution in [0.3, 0.4) is 0 Å². The molecule has 1 N–H and O–H groups in total. The molecule has 0 spiro atoms. The first-order valence-electron chi connectivity index (χ1n) is 4.06. The standard InChI is InChI=1S/C9H10O5S/c1-15(12,13)14-8(9(10)11)7-5-3-2-4-6-7/h2-6,8H,1H3,(H,10,11). The molecule has 82 valence electrons. The Labute approximate surface area is 87.4 Å². The number of hydrogen-bond acceptors (Lipinski definition) is 4. The van der Waals surface area contributed by atoms with Gasteiger partial charge < -0.3 is 5.11 Å². The van der Waals surface area contributed by atoms with Crippen molar-refractivity contribution in [3.63, 3.8) is 0 Å². The smallest absolute Gasteiger partial charge is 0.339 e. The zero-order valence-electron chi connectivity index (χ0n) is 7.95. The molecule has 1 unspecified atom stereocenters. The lowest BCUT2D eigenvalue weighted by molar-refractivity contribution is -0.145. The minimum Gasteiger partial charge on any atom is -0.479 e. The van der Waals surface area contributed by atoms with E-state index in [4.69, 9.17) is 5.11 Å². The molecule has 1 atom stereocenters. The molecule has 0 aliphatic rings. The number of hydrogen-bond donors (Lipinski definition) is 1. The van der Waals surface area contributed by atoms with Gasteiger partial charge in [-0.2, -0.15) is 8.42 Å². The summed E-state index contributed by atoms with van der Waals surface area (Å²) in [6.45, 7) is 0. The summed E-state index contributed by atoms with van der Waals surface area (Å²) in [5.74, 6) is -1.34. The van der Waals surface area contributed by atoms with Crippen LogP contribution < -0.4 is 0 Å². The van der Waals surface area contributed by atoms with Gasteiger partial charge in [-0.05, 0) is 5.56 Å². The molecule has 1 aromatic carbocycles. The average Bonchev–Trinajstić information content (AvgIpc) is 2.14. The molecular weight excluding hydrogens is 220 g/mol. The van der Waals surface area contributed by atoms with Crippen LogP contribution in [0.2, 0.25) is 0 Å². The first kappa shape index (κ1) is 11.7. The first-order valence-corrected chi connectivity index (χ1v) is 5.88. The van der Waals surface area contributed by atoms with E-state index in [0.717, 1.165) is 6.26 Å². The summed E-state index contributed by atoms with van der Waals surface area (Å²) < 4.78 is 26.1. The summed E-state index contributed by atoms with van der Waals surface area (Å²) in [5, 5.41) is 8.80. The summed E-state index contributed by atoms with van der Waals surface area (Å²) in [4.78, 5) is 10.8. The van der Waals surface area contributed by atoms with Crippen LogP contribution in [0, 0.1) is 0 Å². The van der Waals surface area contributed by atoms with Crippen LogP contribution >= 0.6 is 0 Å². The molecular formula is C9H10O5S. The predicted molar refractivity (Wildman–Crippen MR) is 52.7 cm³/mol. The summed E-state index contributed by atoms with van der Waals surface area (Å²) in [5.41, 5.74) is 0.287. The van der Waals surface area contributed by atoms with Crippen molar-refractivity contribution in [1.29, 1.82) is 0 Å². The van der Waals surface area contributed by atoms with Gasteiger partial charge in [-0.3, -0.25) is 4.18 Å². The number of rotatable bonds is 4. The SMILES string of the molecule is CS(=O)(=O)OC(C(=O)O)c1ccccc1. The van der Waals surface area contributed by atoms with E-state index >= 15 is 0 Å². The van der Waals surface area contributed by atoms with Gasteiger partial charge in [0, 0.05) is 0 Å². The van der Waals surface area contributed by atoms with Crippen LogP contribution in [0.25, 0.3) is 0 Å². The van der Waals surface area contributed by atoms with E-state index in [1.54, 1.807) is 18.2 Å². The molecule has 0 fully saturated rings. The fraction of sp³-hybridized carbons (Fsp3) is 0.222. The maximum Gasteiger partial charge on any atom is 0.339 e. The van der Waals surface area contributed by atoms with Gasteiger partial charge in [0.2, 0.25) is 0 Å². The molecule has 0 amide bonds. The minimum absolute atomic E-state index is 0.287. The van der Waals surface area contributed by atoms with E-state index in [1.807, 2.05) is 0 Å². The van der Waals surface area contributed by atoms with Gasteiger partial charge in [0.1, 0.15) is 0 Å². The first-order chi connectivity index (χ1) is 6.90. The van der Waals surface area contributed by atoms with Gasteiger partial charge in [-0.25, -0.2) is 4.79 Å². The Hall–Kier alpha value is -1.40. The molecule has 0 radical (unpaired) electrons. The largest absolute Gasteiger partial charge is 0.479 e. The van der Waals surface area contributed by atoms with Crippen LogP contribution in [-0.4, -0.2) is 25.7 Å². The lowest BCUT2D eigenvalue weighted by atomic mass is 10.1. The number of carboxylic acid groups (broad SMARTS) is 1. The van der Waals surface area contributed by atoms with E-state index in [-0.39, 0.29) is 5.56 Å². The monoisotopic (exact) mass is 230 g/mol. The fourth-order valence-electron chi connectivity index (χ4n) is 1.04. The molecule has 1 aromatic rings. The topological polar surface area (TPSA) is 80.7 Å². The van der Waals surface area contributed by atoms with Crippen molar-refractivity contribution in [2.45, 2.75) is 6.10 Å². The summed E-state index contributed by atoms with van der Waals surface area (Å²) in [6.07, 6.45) is -0.674. The summed E-state index contributed by atoms with van der Waals surface area (Å²) in [6, 6.07) is 7.89. The van der Waals surface area contributed by atoms with Crippen molar-refractivity contribution in [1.82, 2.24) is 0 Å². The molecule has 6 heteroatoms. The van der Waals surface area contributed by atoms with E-state index < -0.39 is 22.2 Å². The molecule has 1 rings (SSSR count). The van der Waals surface area contributed by atoms with E-state index in [0.29, 0.717) is 0 Å². The van der Waals surface area contributed by atoms with Crippen molar-refractivity contribution in [3.05, 3.63) is 35.9 Å². The zero-order chi connectivity index (χ0) is 11.5. The normalized spacial score (nSPS) is 13.4. The Kier molecular flexibility index (Phi) is 3.43. The molecule has 0 aliphatic carbocycles. The van der Waals surface area contributed by atoms with Gasteiger partial charge in [-0.15, -0.1) is 0 Å². The van der Waals surface area contributed by atoms with E-state index in [9.17, 15) is 13.2 Å². The quantitative estimate of drug-likeness (QED) is 0.773. The Morgan fingerprint density at radius 1 is 1.33 bits per heavy atom. The number of carbonyl (C=O) groups is 1. The van der Waals surface area contributed by atoms with Crippen LogP contribution in [0.15, 0.2) is 30.3 Å². The molecule has 0 aliphatic heterocycles. The molecule has 0 heterocycles. The number of benzene rings is 1. The average molecular weight is 230 g/mol. The molecule has 15 heavy (non-hydrogen) atoms. The van der Waals surface area contributed by atoms with Gasteiger partial charge in [-0.1, -0.05) is 30.3 Å². The maximum absolute atomic E-state index is 10.8. The van der Waals surface area contributed by atoms with Crippen LogP contribution in [-0.2, 0) is 19.1 Å².